The van der Waals surface area contributed by atoms with Crippen LogP contribution in [-0.2, 0) is 142 Å². The largest absolute Gasteiger partial charge is 0.472 e. The standard InChI is InChI=1S/C76H149N4O31P/c1-3-5-7-9-11-13-15-17-19-21-75(82)108-71-73(111-76(83)22-20-18-16-14-12-10-8-6-4-2)72-110-112(84,85)109-28-24-78-74(81)23-26-86-29-31-88-33-35-90-37-39-92-41-43-94-45-47-96-49-51-98-53-55-100-57-59-102-61-63-104-65-67-106-69-70-107-68-66-105-64-62-103-60-58-101-56-54-99-52-50-97-48-46-95-44-42-93-40-38-91-36-34-89-32-30-87-27-25-79-80-77/h73H,3-72H2,1-2H3,(H,78,81)(H,84,85)/t73-/m1/s1. The average molecular weight is 1650 g/mol. The third-order valence-electron chi connectivity index (χ3n) is 15.5. The van der Waals surface area contributed by atoms with Gasteiger partial charge < -0.3 is 124 Å². The fourth-order valence-electron chi connectivity index (χ4n) is 9.47. The minimum absolute atomic E-state index is 0.0567. The van der Waals surface area contributed by atoms with Gasteiger partial charge in [-0.25, -0.2) is 4.57 Å². The van der Waals surface area contributed by atoms with Gasteiger partial charge in [-0.15, -0.1) is 0 Å². The first kappa shape index (κ1) is 109. The van der Waals surface area contributed by atoms with Gasteiger partial charge in [0.25, 0.3) is 0 Å². The number of phosphoric ester groups is 1. The van der Waals surface area contributed by atoms with Crippen molar-refractivity contribution >= 4 is 25.7 Å². The maximum atomic E-state index is 12.7. The molecule has 2 atom stereocenters. The first-order chi connectivity index (χ1) is 55.2. The minimum atomic E-state index is -4.62. The fourth-order valence-corrected chi connectivity index (χ4v) is 10.2. The number of carbonyl (C=O) groups excluding carboxylic acids is 3. The highest BCUT2D eigenvalue weighted by Gasteiger charge is 2.26. The van der Waals surface area contributed by atoms with Crippen molar-refractivity contribution in [3.8, 4) is 0 Å². The van der Waals surface area contributed by atoms with Crippen molar-refractivity contribution in [2.24, 2.45) is 5.11 Å². The number of esters is 2. The maximum Gasteiger partial charge on any atom is 0.472 e. The number of rotatable bonds is 99. The highest BCUT2D eigenvalue weighted by Crippen LogP contribution is 2.43. The van der Waals surface area contributed by atoms with E-state index in [0.29, 0.717) is 297 Å². The maximum absolute atomic E-state index is 12.7. The lowest BCUT2D eigenvalue weighted by molar-refractivity contribution is -0.161. The van der Waals surface area contributed by atoms with Gasteiger partial charge in [0, 0.05) is 37.3 Å². The summed E-state index contributed by atoms with van der Waals surface area (Å²) in [6, 6.07) is 0. The Morgan fingerprint density at radius 3 is 0.821 bits per heavy atom. The third-order valence-corrected chi connectivity index (χ3v) is 16.5. The number of hydrogen-bond donors (Lipinski definition) is 2. The number of phosphoric acid groups is 1. The Hall–Kier alpha value is -3.05. The molecule has 0 radical (unpaired) electrons. The van der Waals surface area contributed by atoms with E-state index in [1.807, 2.05) is 0 Å². The van der Waals surface area contributed by atoms with Gasteiger partial charge in [-0.2, -0.15) is 0 Å². The van der Waals surface area contributed by atoms with Crippen LogP contribution in [0.5, 0.6) is 0 Å². The molecule has 0 saturated heterocycles. The molecule has 2 N–H and O–H groups in total. The van der Waals surface area contributed by atoms with Crippen molar-refractivity contribution in [1.29, 1.82) is 0 Å². The van der Waals surface area contributed by atoms with Crippen LogP contribution in [0.3, 0.4) is 0 Å². The van der Waals surface area contributed by atoms with Crippen LogP contribution in [0.4, 0.5) is 0 Å². The number of carbonyl (C=O) groups is 3. The van der Waals surface area contributed by atoms with Crippen LogP contribution in [0.2, 0.25) is 0 Å². The van der Waals surface area contributed by atoms with Crippen molar-refractivity contribution in [3.05, 3.63) is 10.4 Å². The molecule has 1 unspecified atom stereocenters. The van der Waals surface area contributed by atoms with Gasteiger partial charge in [0.1, 0.15) is 6.61 Å². The minimum Gasteiger partial charge on any atom is -0.462 e. The number of unbranched alkanes of at least 4 members (excludes halogenated alkanes) is 16. The zero-order chi connectivity index (χ0) is 80.8. The first-order valence-corrected chi connectivity index (χ1v) is 42.7. The van der Waals surface area contributed by atoms with Crippen LogP contribution >= 0.6 is 7.82 Å². The molecule has 0 saturated carbocycles. The topological polar surface area (TPSA) is 389 Å². The molecule has 664 valence electrons. The summed E-state index contributed by atoms with van der Waals surface area (Å²) in [6.45, 7) is 22.9. The van der Waals surface area contributed by atoms with E-state index in [1.165, 1.54) is 64.2 Å². The van der Waals surface area contributed by atoms with E-state index in [4.69, 9.17) is 128 Å². The Morgan fingerprint density at radius 2 is 0.554 bits per heavy atom. The summed E-state index contributed by atoms with van der Waals surface area (Å²) >= 11 is 0. The number of amides is 1. The van der Waals surface area contributed by atoms with Gasteiger partial charge in [0.2, 0.25) is 5.91 Å². The highest BCUT2D eigenvalue weighted by molar-refractivity contribution is 7.47. The van der Waals surface area contributed by atoms with Gasteiger partial charge >= 0.3 is 19.8 Å². The predicted octanol–water partition coefficient (Wildman–Crippen LogP) is 8.60. The summed E-state index contributed by atoms with van der Waals surface area (Å²) < 4.78 is 155. The second-order valence-electron chi connectivity index (χ2n) is 25.1. The SMILES string of the molecule is CCCCCCCCCCCC(=O)OC[C@H](COP(=O)(O)OCCNC(=O)CCOCCOCCOCCOCCOCCOCCOCCOCCOCCOCCOCCOCCOCCOCCOCCOCCOCCOCCOCCOCCOCCOCCN=[N+]=[N-])OC(=O)CCCCCCCCCCC. The molecule has 36 heteroatoms. The van der Waals surface area contributed by atoms with E-state index in [9.17, 15) is 23.8 Å². The Kier molecular flexibility index (Phi) is 92.5. The summed E-state index contributed by atoms with van der Waals surface area (Å²) in [4.78, 5) is 50.6. The normalized spacial score (nSPS) is 12.4. The van der Waals surface area contributed by atoms with Gasteiger partial charge in [-0.05, 0) is 18.4 Å². The number of azide groups is 1. The lowest BCUT2D eigenvalue weighted by Crippen LogP contribution is -2.30. The van der Waals surface area contributed by atoms with Crippen molar-refractivity contribution in [1.82, 2.24) is 5.32 Å². The molecule has 0 heterocycles. The Bertz CT molecular complexity index is 2030. The van der Waals surface area contributed by atoms with E-state index in [0.717, 1.165) is 38.5 Å². The molecule has 0 fully saturated rings. The number of hydrogen-bond acceptors (Lipinski definition) is 31. The van der Waals surface area contributed by atoms with Crippen molar-refractivity contribution in [2.45, 2.75) is 155 Å². The van der Waals surface area contributed by atoms with E-state index in [2.05, 4.69) is 29.2 Å². The number of nitrogens with one attached hydrogen (secondary N) is 1. The second kappa shape index (κ2) is 95.1. The molecule has 112 heavy (non-hydrogen) atoms. The smallest absolute Gasteiger partial charge is 0.462 e. The van der Waals surface area contributed by atoms with E-state index in [1.54, 1.807) is 0 Å². The molecular weight excluding hydrogens is 1500 g/mol. The van der Waals surface area contributed by atoms with Gasteiger partial charge in [0.05, 0.1) is 304 Å². The molecule has 0 aliphatic heterocycles. The third kappa shape index (κ3) is 94.1. The molecule has 0 aromatic carbocycles. The quantitative estimate of drug-likeness (QED) is 0.0144. The Labute approximate surface area is 669 Å². The van der Waals surface area contributed by atoms with Crippen LogP contribution in [0.25, 0.3) is 10.4 Å². The fraction of sp³-hybridized carbons (Fsp3) is 0.961. The van der Waals surface area contributed by atoms with Crippen LogP contribution in [0.1, 0.15) is 149 Å². The molecule has 0 bridgehead atoms. The molecular formula is C76H149N4O31P. The lowest BCUT2D eigenvalue weighted by Gasteiger charge is -2.20. The van der Waals surface area contributed by atoms with Gasteiger partial charge in [-0.3, -0.25) is 23.4 Å². The average Bonchev–Trinajstić information content (AvgIpc) is 0.926. The van der Waals surface area contributed by atoms with E-state index >= 15 is 0 Å². The summed E-state index contributed by atoms with van der Waals surface area (Å²) in [5, 5.41) is 5.98. The summed E-state index contributed by atoms with van der Waals surface area (Å²) in [6.07, 6.45) is 19.1. The molecule has 0 aromatic rings. The second-order valence-corrected chi connectivity index (χ2v) is 26.5. The zero-order valence-corrected chi connectivity index (χ0v) is 69.5. The van der Waals surface area contributed by atoms with Crippen LogP contribution in [0, 0.1) is 0 Å². The molecule has 35 nitrogen and oxygen atoms in total. The molecule has 1 amide bonds. The first-order valence-electron chi connectivity index (χ1n) is 41.2. The number of nitrogens with zero attached hydrogens (tertiary/aromatic N) is 3. The lowest BCUT2D eigenvalue weighted by atomic mass is 10.1. The number of ether oxygens (including phenoxy) is 24. The summed E-state index contributed by atoms with van der Waals surface area (Å²) in [5.74, 6) is -1.28. The van der Waals surface area contributed by atoms with Crippen molar-refractivity contribution in [2.75, 3.05) is 324 Å². The van der Waals surface area contributed by atoms with E-state index < -0.39 is 32.5 Å². The molecule has 0 rings (SSSR count). The summed E-state index contributed by atoms with van der Waals surface area (Å²) in [7, 11) is -4.62. The zero-order valence-electron chi connectivity index (χ0n) is 68.6. The van der Waals surface area contributed by atoms with Crippen molar-refractivity contribution < 1.29 is 147 Å². The molecule has 0 aliphatic rings. The highest BCUT2D eigenvalue weighted by atomic mass is 31.2. The van der Waals surface area contributed by atoms with Crippen LogP contribution in [0.15, 0.2) is 5.11 Å². The Morgan fingerprint density at radius 1 is 0.312 bits per heavy atom. The molecule has 0 spiro atoms. The molecule has 0 aliphatic carbocycles. The summed E-state index contributed by atoms with van der Waals surface area (Å²) in [5.41, 5.74) is 8.18. The molecule has 0 aromatic heterocycles. The van der Waals surface area contributed by atoms with Crippen molar-refractivity contribution in [3.63, 3.8) is 0 Å². The van der Waals surface area contributed by atoms with Crippen LogP contribution < -0.4 is 5.32 Å². The Balaban J connectivity index is 3.50. The predicted molar refractivity (Wildman–Crippen MR) is 416 cm³/mol. The van der Waals surface area contributed by atoms with E-state index in [-0.39, 0.29) is 58.1 Å². The monoisotopic (exact) mass is 1640 g/mol. The van der Waals surface area contributed by atoms with Gasteiger partial charge in [-0.1, -0.05) is 122 Å². The van der Waals surface area contributed by atoms with Crippen LogP contribution in [-0.4, -0.2) is 352 Å². The van der Waals surface area contributed by atoms with Gasteiger partial charge in [0.15, 0.2) is 6.10 Å².